The van der Waals surface area contributed by atoms with Crippen molar-refractivity contribution in [3.05, 3.63) is 18.0 Å². The second kappa shape index (κ2) is 8.81. The van der Waals surface area contributed by atoms with E-state index in [-0.39, 0.29) is 24.3 Å². The van der Waals surface area contributed by atoms with Crippen LogP contribution in [0.5, 0.6) is 0 Å². The molecule has 9 heteroatoms. The zero-order valence-electron chi connectivity index (χ0n) is 15.8. The van der Waals surface area contributed by atoms with Gasteiger partial charge in [0.25, 0.3) is 5.91 Å². The fraction of sp³-hybridized carbons (Fsp3) is 0.722. The molecule has 0 aromatic carbocycles. The van der Waals surface area contributed by atoms with Crippen molar-refractivity contribution in [2.75, 3.05) is 39.3 Å². The molecule has 1 aromatic rings. The van der Waals surface area contributed by atoms with E-state index in [1.54, 1.807) is 16.9 Å². The SMILES string of the molecule is CCn1ccc(C(=O)N[C@H]2C[C@H](C(=O)N3CCN(CCO)CC3)C[C@@H]2O)n1. The number of amides is 2. The Morgan fingerprint density at radius 1 is 1.26 bits per heavy atom. The maximum atomic E-state index is 12.8. The van der Waals surface area contributed by atoms with Crippen molar-refractivity contribution in [2.24, 2.45) is 5.92 Å². The first-order chi connectivity index (χ1) is 13.0. The Morgan fingerprint density at radius 3 is 2.63 bits per heavy atom. The van der Waals surface area contributed by atoms with E-state index in [1.807, 2.05) is 11.8 Å². The maximum Gasteiger partial charge on any atom is 0.272 e. The highest BCUT2D eigenvalue weighted by molar-refractivity contribution is 5.92. The van der Waals surface area contributed by atoms with Crippen molar-refractivity contribution < 1.29 is 19.8 Å². The van der Waals surface area contributed by atoms with Crippen LogP contribution in [0.15, 0.2) is 12.3 Å². The van der Waals surface area contributed by atoms with Crippen LogP contribution >= 0.6 is 0 Å². The molecule has 0 spiro atoms. The first kappa shape index (κ1) is 19.8. The van der Waals surface area contributed by atoms with E-state index >= 15 is 0 Å². The van der Waals surface area contributed by atoms with Crippen LogP contribution in [0.1, 0.15) is 30.3 Å². The van der Waals surface area contributed by atoms with Crippen molar-refractivity contribution in [3.8, 4) is 0 Å². The summed E-state index contributed by atoms with van der Waals surface area (Å²) < 4.78 is 1.67. The minimum atomic E-state index is -0.730. The van der Waals surface area contributed by atoms with E-state index in [9.17, 15) is 14.7 Å². The molecule has 0 radical (unpaired) electrons. The van der Waals surface area contributed by atoms with Gasteiger partial charge in [0, 0.05) is 51.4 Å². The summed E-state index contributed by atoms with van der Waals surface area (Å²) in [6.45, 7) is 6.15. The number of piperazine rings is 1. The van der Waals surface area contributed by atoms with Gasteiger partial charge in [-0.05, 0) is 25.8 Å². The number of aromatic nitrogens is 2. The number of aliphatic hydroxyl groups excluding tert-OH is 2. The lowest BCUT2D eigenvalue weighted by Crippen LogP contribution is -2.50. The fourth-order valence-corrected chi connectivity index (χ4v) is 3.87. The Bertz CT molecular complexity index is 656. The summed E-state index contributed by atoms with van der Waals surface area (Å²) in [4.78, 5) is 29.1. The zero-order valence-corrected chi connectivity index (χ0v) is 15.8. The van der Waals surface area contributed by atoms with E-state index in [0.29, 0.717) is 44.7 Å². The van der Waals surface area contributed by atoms with Gasteiger partial charge >= 0.3 is 0 Å². The molecule has 1 aliphatic heterocycles. The van der Waals surface area contributed by atoms with Gasteiger partial charge in [0.15, 0.2) is 0 Å². The number of carbonyl (C=O) groups is 2. The Labute approximate surface area is 158 Å². The van der Waals surface area contributed by atoms with Gasteiger partial charge in [-0.25, -0.2) is 0 Å². The van der Waals surface area contributed by atoms with Crippen LogP contribution in [0.4, 0.5) is 0 Å². The predicted octanol–water partition coefficient (Wildman–Crippen LogP) is -1.09. The minimum absolute atomic E-state index is 0.0460. The van der Waals surface area contributed by atoms with Gasteiger partial charge in [-0.2, -0.15) is 5.10 Å². The number of nitrogens with zero attached hydrogens (tertiary/aromatic N) is 4. The highest BCUT2D eigenvalue weighted by atomic mass is 16.3. The van der Waals surface area contributed by atoms with Crippen molar-refractivity contribution >= 4 is 11.8 Å². The van der Waals surface area contributed by atoms with Crippen LogP contribution in [0.3, 0.4) is 0 Å². The highest BCUT2D eigenvalue weighted by Crippen LogP contribution is 2.28. The number of hydrogen-bond acceptors (Lipinski definition) is 6. The molecule has 2 aliphatic rings. The fourth-order valence-electron chi connectivity index (χ4n) is 3.87. The van der Waals surface area contributed by atoms with Crippen molar-refractivity contribution in [2.45, 2.75) is 38.5 Å². The van der Waals surface area contributed by atoms with Crippen LogP contribution in [-0.4, -0.2) is 93.1 Å². The number of nitrogens with one attached hydrogen (secondary N) is 1. The lowest BCUT2D eigenvalue weighted by atomic mass is 10.1. The standard InChI is InChI=1S/C18H29N5O4/c1-2-23-4-3-14(20-23)17(26)19-15-11-13(12-16(15)25)18(27)22-7-5-21(6-8-22)9-10-24/h3-4,13,15-16,24-25H,2,5-12H2,1H3,(H,19,26)/t13-,15-,16-/m0/s1. The Morgan fingerprint density at radius 2 is 2.00 bits per heavy atom. The highest BCUT2D eigenvalue weighted by Gasteiger charge is 2.40. The summed E-state index contributed by atoms with van der Waals surface area (Å²) in [5, 5.41) is 26.3. The monoisotopic (exact) mass is 379 g/mol. The normalized spacial score (nSPS) is 26.3. The largest absolute Gasteiger partial charge is 0.395 e. The average molecular weight is 379 g/mol. The number of rotatable bonds is 6. The number of β-amino-alcohol motifs (C(OH)–C–C–N with tert-alkyl or cyclic N) is 1. The van der Waals surface area contributed by atoms with E-state index in [2.05, 4.69) is 15.3 Å². The predicted molar refractivity (Wildman–Crippen MR) is 98.0 cm³/mol. The van der Waals surface area contributed by atoms with Crippen LogP contribution in [-0.2, 0) is 11.3 Å². The molecule has 3 atom stereocenters. The molecule has 1 saturated heterocycles. The molecule has 1 saturated carbocycles. The second-order valence-electron chi connectivity index (χ2n) is 7.26. The summed E-state index contributed by atoms with van der Waals surface area (Å²) in [5.74, 6) is -0.551. The third kappa shape index (κ3) is 4.66. The van der Waals surface area contributed by atoms with Crippen LogP contribution in [0.25, 0.3) is 0 Å². The molecule has 2 heterocycles. The molecule has 2 fully saturated rings. The molecule has 3 N–H and O–H groups in total. The minimum Gasteiger partial charge on any atom is -0.395 e. The van der Waals surface area contributed by atoms with Gasteiger partial charge in [0.1, 0.15) is 5.69 Å². The summed E-state index contributed by atoms with van der Waals surface area (Å²) >= 11 is 0. The molecule has 1 aromatic heterocycles. The molecule has 27 heavy (non-hydrogen) atoms. The van der Waals surface area contributed by atoms with E-state index in [4.69, 9.17) is 5.11 Å². The third-order valence-electron chi connectivity index (χ3n) is 5.49. The number of carbonyl (C=O) groups excluding carboxylic acids is 2. The molecular formula is C18H29N5O4. The topological polar surface area (TPSA) is 111 Å². The van der Waals surface area contributed by atoms with Crippen LogP contribution < -0.4 is 5.32 Å². The van der Waals surface area contributed by atoms with Gasteiger partial charge < -0.3 is 20.4 Å². The lowest BCUT2D eigenvalue weighted by Gasteiger charge is -2.35. The quantitative estimate of drug-likeness (QED) is 0.579. The molecule has 3 rings (SSSR count). The second-order valence-corrected chi connectivity index (χ2v) is 7.26. The maximum absolute atomic E-state index is 12.8. The number of aryl methyl sites for hydroxylation is 1. The first-order valence-electron chi connectivity index (χ1n) is 9.66. The van der Waals surface area contributed by atoms with Gasteiger partial charge in [-0.15, -0.1) is 0 Å². The van der Waals surface area contributed by atoms with Crippen molar-refractivity contribution in [1.29, 1.82) is 0 Å². The summed E-state index contributed by atoms with van der Waals surface area (Å²) in [6.07, 6.45) is 1.82. The van der Waals surface area contributed by atoms with Gasteiger partial charge in [-0.1, -0.05) is 0 Å². The molecule has 150 valence electrons. The zero-order chi connectivity index (χ0) is 19.4. The van der Waals surface area contributed by atoms with Crippen LogP contribution in [0, 0.1) is 5.92 Å². The molecule has 2 amide bonds. The van der Waals surface area contributed by atoms with Gasteiger partial charge in [-0.3, -0.25) is 19.2 Å². The molecule has 0 unspecified atom stereocenters. The molecule has 9 nitrogen and oxygen atoms in total. The Hall–Kier alpha value is -1.97. The Balaban J connectivity index is 1.51. The number of aliphatic hydroxyl groups is 2. The summed E-state index contributed by atoms with van der Waals surface area (Å²) in [6, 6.07) is 1.21. The van der Waals surface area contributed by atoms with Crippen molar-refractivity contribution in [3.63, 3.8) is 0 Å². The van der Waals surface area contributed by atoms with Crippen molar-refractivity contribution in [1.82, 2.24) is 24.9 Å². The molecular weight excluding hydrogens is 350 g/mol. The van der Waals surface area contributed by atoms with Gasteiger partial charge in [0.2, 0.25) is 5.91 Å². The molecule has 1 aliphatic carbocycles. The summed E-state index contributed by atoms with van der Waals surface area (Å²) in [5.41, 5.74) is 0.318. The first-order valence-corrected chi connectivity index (χ1v) is 9.66. The van der Waals surface area contributed by atoms with E-state index in [1.165, 1.54) is 0 Å². The Kier molecular flexibility index (Phi) is 6.46. The smallest absolute Gasteiger partial charge is 0.272 e. The third-order valence-corrected chi connectivity index (χ3v) is 5.49. The number of hydrogen-bond donors (Lipinski definition) is 3. The van der Waals surface area contributed by atoms with E-state index in [0.717, 1.165) is 13.1 Å². The van der Waals surface area contributed by atoms with Crippen LogP contribution in [0.2, 0.25) is 0 Å². The summed E-state index contributed by atoms with van der Waals surface area (Å²) in [7, 11) is 0. The lowest BCUT2D eigenvalue weighted by molar-refractivity contribution is -0.137. The molecule has 0 bridgehead atoms. The van der Waals surface area contributed by atoms with E-state index < -0.39 is 12.1 Å². The van der Waals surface area contributed by atoms with Gasteiger partial charge in [0.05, 0.1) is 18.8 Å². The average Bonchev–Trinajstić information content (AvgIpc) is 3.29.